The quantitative estimate of drug-likeness (QED) is 0.612. The van der Waals surface area contributed by atoms with E-state index in [0.29, 0.717) is 11.1 Å². The summed E-state index contributed by atoms with van der Waals surface area (Å²) in [5, 5.41) is 0. The molecule has 0 unspecified atom stereocenters. The topological polar surface area (TPSA) is 74.8 Å². The van der Waals surface area contributed by atoms with Crippen LogP contribution in [0.15, 0.2) is 36.4 Å². The van der Waals surface area contributed by atoms with E-state index in [9.17, 15) is 19.2 Å². The Morgan fingerprint density at radius 2 is 1.24 bits per heavy atom. The van der Waals surface area contributed by atoms with Crippen molar-refractivity contribution < 1.29 is 19.2 Å². The summed E-state index contributed by atoms with van der Waals surface area (Å²) in [6, 6.07) is 6.67. The minimum Gasteiger partial charge on any atom is -0.280 e. The Morgan fingerprint density at radius 3 is 1.76 bits per heavy atom. The van der Waals surface area contributed by atoms with Crippen LogP contribution in [0.4, 0.5) is 0 Å². The van der Waals surface area contributed by atoms with Gasteiger partial charge in [-0.3, -0.25) is 29.0 Å². The van der Waals surface area contributed by atoms with Crippen LogP contribution in [0.5, 0.6) is 0 Å². The predicted octanol–water partition coefficient (Wildman–Crippen LogP) is 1.09. The van der Waals surface area contributed by atoms with E-state index in [1.807, 2.05) is 12.2 Å². The fourth-order valence-corrected chi connectivity index (χ4v) is 4.83. The first-order valence-corrected chi connectivity index (χ1v) is 8.56. The highest BCUT2D eigenvalue weighted by Gasteiger charge is 2.59. The van der Waals surface area contributed by atoms with Crippen molar-refractivity contribution in [1.29, 1.82) is 0 Å². The Morgan fingerprint density at radius 1 is 0.760 bits per heavy atom. The lowest BCUT2D eigenvalue weighted by atomic mass is 9.85. The van der Waals surface area contributed by atoms with Crippen LogP contribution in [0.25, 0.3) is 0 Å². The number of allylic oxidation sites excluding steroid dienone is 2. The second kappa shape index (κ2) is 4.88. The average Bonchev–Trinajstić information content (AvgIpc) is 3.34. The third-order valence-electron chi connectivity index (χ3n) is 5.99. The molecule has 4 atom stereocenters. The molecular weight excluding hydrogens is 320 g/mol. The highest BCUT2D eigenvalue weighted by atomic mass is 16.2. The maximum absolute atomic E-state index is 12.7. The SMILES string of the molecule is O=C1c2ccccc2C(=O)N1CCN1C(=O)[C@@H]2[C@H](C1=O)[C@@H]1C=C[C@H]2C1. The molecule has 4 aliphatic rings. The number of rotatable bonds is 3. The van der Waals surface area contributed by atoms with Crippen LogP contribution < -0.4 is 0 Å². The fourth-order valence-electron chi connectivity index (χ4n) is 4.83. The van der Waals surface area contributed by atoms with Gasteiger partial charge in [0.1, 0.15) is 0 Å². The summed E-state index contributed by atoms with van der Waals surface area (Å²) in [6.07, 6.45) is 4.98. The van der Waals surface area contributed by atoms with Crippen LogP contribution in [0, 0.1) is 23.7 Å². The molecule has 4 amide bonds. The molecule has 0 aromatic heterocycles. The molecule has 2 aliphatic heterocycles. The lowest BCUT2D eigenvalue weighted by Gasteiger charge is -2.20. The first-order valence-electron chi connectivity index (χ1n) is 8.56. The molecule has 6 nitrogen and oxygen atoms in total. The van der Waals surface area contributed by atoms with Crippen molar-refractivity contribution in [2.75, 3.05) is 13.1 Å². The van der Waals surface area contributed by atoms with Crippen molar-refractivity contribution in [3.8, 4) is 0 Å². The van der Waals surface area contributed by atoms with Crippen molar-refractivity contribution in [1.82, 2.24) is 9.80 Å². The number of hydrogen-bond donors (Lipinski definition) is 0. The number of benzene rings is 1. The summed E-state index contributed by atoms with van der Waals surface area (Å²) in [6.45, 7) is 0.127. The highest BCUT2D eigenvalue weighted by molar-refractivity contribution is 6.21. The summed E-state index contributed by atoms with van der Waals surface area (Å²) < 4.78 is 0. The van der Waals surface area contributed by atoms with Gasteiger partial charge in [0, 0.05) is 13.1 Å². The standard InChI is InChI=1S/C19H16N2O4/c22-16-12-3-1-2-4-13(12)17(23)20(16)7-8-21-18(24)14-10-5-6-11(9-10)15(14)19(21)25/h1-6,10-11,14-15H,7-9H2/t10-,11+,14-,15+. The number of amides is 4. The van der Waals surface area contributed by atoms with Crippen molar-refractivity contribution in [3.63, 3.8) is 0 Å². The van der Waals surface area contributed by atoms with Crippen LogP contribution >= 0.6 is 0 Å². The molecule has 0 N–H and O–H groups in total. The van der Waals surface area contributed by atoms with Crippen LogP contribution in [0.3, 0.4) is 0 Å². The van der Waals surface area contributed by atoms with Crippen LogP contribution in [-0.2, 0) is 9.59 Å². The number of carbonyl (C=O) groups is 4. The van der Waals surface area contributed by atoms with Gasteiger partial charge in [-0.1, -0.05) is 24.3 Å². The summed E-state index contributed by atoms with van der Waals surface area (Å²) in [7, 11) is 0. The van der Waals surface area contributed by atoms with E-state index in [1.165, 1.54) is 4.90 Å². The van der Waals surface area contributed by atoms with Crippen LogP contribution in [0.2, 0.25) is 0 Å². The van der Waals surface area contributed by atoms with Crippen molar-refractivity contribution in [2.45, 2.75) is 6.42 Å². The number of carbonyl (C=O) groups excluding carboxylic acids is 4. The second-order valence-electron chi connectivity index (χ2n) is 7.14. The van der Waals surface area contributed by atoms with Gasteiger partial charge in [0.15, 0.2) is 0 Å². The van der Waals surface area contributed by atoms with Crippen molar-refractivity contribution >= 4 is 23.6 Å². The third-order valence-corrected chi connectivity index (χ3v) is 5.99. The Balaban J connectivity index is 1.33. The Labute approximate surface area is 144 Å². The Bertz CT molecular complexity index is 809. The van der Waals surface area contributed by atoms with Crippen LogP contribution in [-0.4, -0.2) is 46.5 Å². The first-order chi connectivity index (χ1) is 12.1. The Hall–Kier alpha value is -2.76. The molecule has 5 rings (SSSR count). The molecule has 25 heavy (non-hydrogen) atoms. The molecule has 1 aromatic rings. The smallest absolute Gasteiger partial charge is 0.261 e. The maximum Gasteiger partial charge on any atom is 0.261 e. The van der Waals surface area contributed by atoms with Gasteiger partial charge in [-0.2, -0.15) is 0 Å². The van der Waals surface area contributed by atoms with Crippen molar-refractivity contribution in [2.24, 2.45) is 23.7 Å². The molecule has 1 aromatic carbocycles. The lowest BCUT2D eigenvalue weighted by Crippen LogP contribution is -2.41. The zero-order valence-electron chi connectivity index (χ0n) is 13.4. The largest absolute Gasteiger partial charge is 0.280 e. The van der Waals surface area contributed by atoms with E-state index < -0.39 is 0 Å². The molecule has 0 spiro atoms. The first kappa shape index (κ1) is 14.6. The maximum atomic E-state index is 12.7. The van der Waals surface area contributed by atoms with E-state index >= 15 is 0 Å². The molecule has 2 heterocycles. The number of likely N-dealkylation sites (tertiary alicyclic amines) is 1. The monoisotopic (exact) mass is 336 g/mol. The zero-order chi connectivity index (χ0) is 17.3. The summed E-state index contributed by atoms with van der Waals surface area (Å²) in [5.74, 6) is -1.18. The van der Waals surface area contributed by atoms with Gasteiger partial charge in [0.05, 0.1) is 23.0 Å². The van der Waals surface area contributed by atoms with Crippen molar-refractivity contribution in [3.05, 3.63) is 47.5 Å². The molecular formula is C19H16N2O4. The molecule has 1 saturated carbocycles. The van der Waals surface area contributed by atoms with Gasteiger partial charge in [-0.15, -0.1) is 0 Å². The number of hydrogen-bond acceptors (Lipinski definition) is 4. The molecule has 0 radical (unpaired) electrons. The number of fused-ring (bicyclic) bond motifs is 6. The average molecular weight is 336 g/mol. The molecule has 126 valence electrons. The van der Waals surface area contributed by atoms with E-state index in [4.69, 9.17) is 0 Å². The number of imide groups is 2. The van der Waals surface area contributed by atoms with Gasteiger partial charge in [0.25, 0.3) is 11.8 Å². The Kier molecular flexibility index (Phi) is 2.84. The summed E-state index contributed by atoms with van der Waals surface area (Å²) in [4.78, 5) is 52.5. The van der Waals surface area contributed by atoms with E-state index in [2.05, 4.69) is 0 Å². The highest BCUT2D eigenvalue weighted by Crippen LogP contribution is 2.52. The second-order valence-corrected chi connectivity index (χ2v) is 7.14. The molecule has 6 heteroatoms. The van der Waals surface area contributed by atoms with E-state index in [-0.39, 0.29) is 60.4 Å². The summed E-state index contributed by atoms with van der Waals surface area (Å²) in [5.41, 5.74) is 0.761. The van der Waals surface area contributed by atoms with Gasteiger partial charge in [-0.05, 0) is 30.4 Å². The molecule has 1 saturated heterocycles. The minimum atomic E-state index is -0.360. The minimum absolute atomic E-state index is 0.0476. The van der Waals surface area contributed by atoms with Gasteiger partial charge in [-0.25, -0.2) is 0 Å². The van der Waals surface area contributed by atoms with Gasteiger partial charge >= 0.3 is 0 Å². The molecule has 2 fully saturated rings. The zero-order valence-corrected chi connectivity index (χ0v) is 13.4. The fraction of sp³-hybridized carbons (Fsp3) is 0.368. The lowest BCUT2D eigenvalue weighted by molar-refractivity contribution is -0.140. The van der Waals surface area contributed by atoms with Gasteiger partial charge in [0.2, 0.25) is 11.8 Å². The summed E-state index contributed by atoms with van der Waals surface area (Å²) >= 11 is 0. The normalized spacial score (nSPS) is 32.2. The molecule has 2 bridgehead atoms. The van der Waals surface area contributed by atoms with Gasteiger partial charge < -0.3 is 0 Å². The predicted molar refractivity (Wildman–Crippen MR) is 86.2 cm³/mol. The van der Waals surface area contributed by atoms with Crippen LogP contribution in [0.1, 0.15) is 27.1 Å². The van der Waals surface area contributed by atoms with E-state index in [0.717, 1.165) is 11.3 Å². The molecule has 2 aliphatic carbocycles. The third kappa shape index (κ3) is 1.79. The van der Waals surface area contributed by atoms with E-state index in [1.54, 1.807) is 24.3 Å². The number of nitrogens with zero attached hydrogens (tertiary/aromatic N) is 2.